The minimum atomic E-state index is -4.41. The highest BCUT2D eigenvalue weighted by Crippen LogP contribution is 2.29. The van der Waals surface area contributed by atoms with E-state index < -0.39 is 11.7 Å². The molecule has 4 nitrogen and oxygen atoms in total. The number of carbonyl (C=O) groups is 1. The summed E-state index contributed by atoms with van der Waals surface area (Å²) in [5, 5.41) is 0. The zero-order valence-corrected chi connectivity index (χ0v) is 10.4. The van der Waals surface area contributed by atoms with Gasteiger partial charge in [-0.1, -0.05) is 0 Å². The highest BCUT2D eigenvalue weighted by molar-refractivity contribution is 6.27. The van der Waals surface area contributed by atoms with E-state index in [1.165, 1.54) is 4.90 Å². The van der Waals surface area contributed by atoms with Gasteiger partial charge in [-0.2, -0.15) is 13.2 Å². The maximum Gasteiger partial charge on any atom is 0.417 e. The molecular formula is C11H10ClF3N2O2. The Balaban J connectivity index is 1.87. The van der Waals surface area contributed by atoms with Gasteiger partial charge in [-0.25, -0.2) is 4.98 Å². The largest absolute Gasteiger partial charge is 0.471 e. The second-order valence-electron chi connectivity index (χ2n) is 4.06. The topological polar surface area (TPSA) is 42.4 Å². The van der Waals surface area contributed by atoms with Gasteiger partial charge in [0.2, 0.25) is 11.8 Å². The summed E-state index contributed by atoms with van der Waals surface area (Å²) in [7, 11) is 0. The van der Waals surface area contributed by atoms with Crippen LogP contribution < -0.4 is 4.74 Å². The first-order chi connectivity index (χ1) is 8.90. The molecule has 0 atom stereocenters. The fraction of sp³-hybridized carbons (Fsp3) is 0.455. The Labute approximate surface area is 112 Å². The van der Waals surface area contributed by atoms with Gasteiger partial charge in [-0.3, -0.25) is 4.79 Å². The third-order valence-electron chi connectivity index (χ3n) is 2.67. The Bertz CT molecular complexity index is 458. The minimum absolute atomic E-state index is 0.0920. The van der Waals surface area contributed by atoms with Gasteiger partial charge in [0.05, 0.1) is 18.7 Å². The van der Waals surface area contributed by atoms with E-state index in [0.29, 0.717) is 13.1 Å². The number of carbonyl (C=O) groups excluding carboxylic acids is 1. The number of aromatic nitrogens is 1. The second-order valence-corrected chi connectivity index (χ2v) is 4.32. The monoisotopic (exact) mass is 294 g/mol. The van der Waals surface area contributed by atoms with Crippen molar-refractivity contribution in [1.82, 2.24) is 9.88 Å². The van der Waals surface area contributed by atoms with Crippen LogP contribution in [0.25, 0.3) is 0 Å². The SMILES string of the molecule is O=C(CCl)N1CC(Oc2ccc(C(F)(F)F)cn2)C1. The van der Waals surface area contributed by atoms with Gasteiger partial charge < -0.3 is 9.64 Å². The van der Waals surface area contributed by atoms with Crippen LogP contribution in [0, 0.1) is 0 Å². The van der Waals surface area contributed by atoms with Crippen LogP contribution in [0.15, 0.2) is 18.3 Å². The standard InChI is InChI=1S/C11H10ClF3N2O2/c12-3-10(18)17-5-8(6-17)19-9-2-1-7(4-16-9)11(13,14)15/h1-2,4,8H,3,5-6H2. The Morgan fingerprint density at radius 3 is 2.63 bits per heavy atom. The predicted molar refractivity (Wildman–Crippen MR) is 61.0 cm³/mol. The van der Waals surface area contributed by atoms with E-state index in [2.05, 4.69) is 4.98 Å². The van der Waals surface area contributed by atoms with Crippen LogP contribution in [0.5, 0.6) is 5.88 Å². The summed E-state index contributed by atoms with van der Waals surface area (Å²) < 4.78 is 42.2. The van der Waals surface area contributed by atoms with Crippen molar-refractivity contribution >= 4 is 17.5 Å². The molecule has 0 unspecified atom stereocenters. The van der Waals surface area contributed by atoms with Crippen LogP contribution in [-0.4, -0.2) is 40.9 Å². The van der Waals surface area contributed by atoms with Gasteiger partial charge in [-0.15, -0.1) is 11.6 Å². The Kier molecular flexibility index (Phi) is 3.84. The van der Waals surface area contributed by atoms with E-state index in [-0.39, 0.29) is 23.8 Å². The van der Waals surface area contributed by atoms with Crippen LogP contribution >= 0.6 is 11.6 Å². The van der Waals surface area contributed by atoms with Crippen molar-refractivity contribution in [2.45, 2.75) is 12.3 Å². The molecule has 0 N–H and O–H groups in total. The lowest BCUT2D eigenvalue weighted by Gasteiger charge is -2.38. The molecule has 1 aromatic rings. The summed E-state index contributed by atoms with van der Waals surface area (Å²) in [6.07, 6.45) is -3.95. The molecule has 0 bridgehead atoms. The van der Waals surface area contributed by atoms with E-state index in [9.17, 15) is 18.0 Å². The van der Waals surface area contributed by atoms with Crippen LogP contribution in [0.4, 0.5) is 13.2 Å². The molecule has 1 saturated heterocycles. The molecule has 1 amide bonds. The van der Waals surface area contributed by atoms with Crippen LogP contribution in [0.1, 0.15) is 5.56 Å². The van der Waals surface area contributed by atoms with Crippen molar-refractivity contribution in [1.29, 1.82) is 0 Å². The van der Waals surface area contributed by atoms with Crippen LogP contribution in [0.2, 0.25) is 0 Å². The lowest BCUT2D eigenvalue weighted by molar-refractivity contribution is -0.139. The molecule has 104 valence electrons. The number of hydrogen-bond donors (Lipinski definition) is 0. The molecule has 0 spiro atoms. The third kappa shape index (κ3) is 3.28. The maximum atomic E-state index is 12.3. The van der Waals surface area contributed by atoms with Crippen molar-refractivity contribution < 1.29 is 22.7 Å². The molecule has 0 saturated carbocycles. The number of amides is 1. The summed E-state index contributed by atoms with van der Waals surface area (Å²) in [6, 6.07) is 2.07. The van der Waals surface area contributed by atoms with E-state index in [1.54, 1.807) is 0 Å². The van der Waals surface area contributed by atoms with Crippen molar-refractivity contribution in [3.05, 3.63) is 23.9 Å². The molecule has 8 heteroatoms. The van der Waals surface area contributed by atoms with Gasteiger partial charge >= 0.3 is 6.18 Å². The Morgan fingerprint density at radius 1 is 1.47 bits per heavy atom. The first-order valence-electron chi connectivity index (χ1n) is 5.44. The van der Waals surface area contributed by atoms with Crippen LogP contribution in [0.3, 0.4) is 0 Å². The quantitative estimate of drug-likeness (QED) is 0.800. The van der Waals surface area contributed by atoms with E-state index in [4.69, 9.17) is 16.3 Å². The molecular weight excluding hydrogens is 285 g/mol. The Hall–Kier alpha value is -1.50. The lowest BCUT2D eigenvalue weighted by Crippen LogP contribution is -2.56. The molecule has 1 aliphatic heterocycles. The third-order valence-corrected chi connectivity index (χ3v) is 2.89. The van der Waals surface area contributed by atoms with E-state index in [1.807, 2.05) is 0 Å². The fourth-order valence-corrected chi connectivity index (χ4v) is 1.76. The number of hydrogen-bond acceptors (Lipinski definition) is 3. The van der Waals surface area contributed by atoms with Crippen LogP contribution in [-0.2, 0) is 11.0 Å². The molecule has 0 aromatic carbocycles. The number of ether oxygens (including phenoxy) is 1. The highest BCUT2D eigenvalue weighted by atomic mass is 35.5. The zero-order valence-electron chi connectivity index (χ0n) is 9.65. The van der Waals surface area contributed by atoms with Crippen molar-refractivity contribution in [3.63, 3.8) is 0 Å². The first-order valence-corrected chi connectivity index (χ1v) is 5.97. The summed E-state index contributed by atoms with van der Waals surface area (Å²) in [5.41, 5.74) is -0.826. The molecule has 2 heterocycles. The van der Waals surface area contributed by atoms with E-state index >= 15 is 0 Å². The van der Waals surface area contributed by atoms with Crippen molar-refractivity contribution in [2.24, 2.45) is 0 Å². The molecule has 2 rings (SSSR count). The van der Waals surface area contributed by atoms with Gasteiger partial charge in [0.1, 0.15) is 12.0 Å². The lowest BCUT2D eigenvalue weighted by atomic mass is 10.1. The predicted octanol–water partition coefficient (Wildman–Crippen LogP) is 1.93. The smallest absolute Gasteiger partial charge is 0.417 e. The van der Waals surface area contributed by atoms with E-state index in [0.717, 1.165) is 18.3 Å². The summed E-state index contributed by atoms with van der Waals surface area (Å²) in [6.45, 7) is 0.739. The number of alkyl halides is 4. The molecule has 0 radical (unpaired) electrons. The van der Waals surface area contributed by atoms with Crippen molar-refractivity contribution in [2.75, 3.05) is 19.0 Å². The second kappa shape index (κ2) is 5.24. The highest BCUT2D eigenvalue weighted by Gasteiger charge is 2.33. The first kappa shape index (κ1) is 13.9. The summed E-state index contributed by atoms with van der Waals surface area (Å²) in [5.74, 6) is -0.177. The zero-order chi connectivity index (χ0) is 14.0. The molecule has 19 heavy (non-hydrogen) atoms. The normalized spacial score (nSPS) is 16.1. The number of rotatable bonds is 3. The average molecular weight is 295 g/mol. The molecule has 1 aromatic heterocycles. The van der Waals surface area contributed by atoms with Crippen molar-refractivity contribution in [3.8, 4) is 5.88 Å². The van der Waals surface area contributed by atoms with Gasteiger partial charge in [0.25, 0.3) is 0 Å². The maximum absolute atomic E-state index is 12.3. The van der Waals surface area contributed by atoms with Gasteiger partial charge in [-0.05, 0) is 6.07 Å². The van der Waals surface area contributed by atoms with Gasteiger partial charge in [0, 0.05) is 12.3 Å². The minimum Gasteiger partial charge on any atom is -0.471 e. The number of halogens is 4. The fourth-order valence-electron chi connectivity index (χ4n) is 1.59. The van der Waals surface area contributed by atoms with Gasteiger partial charge in [0.15, 0.2) is 0 Å². The molecule has 0 aliphatic carbocycles. The molecule has 1 fully saturated rings. The number of pyridine rings is 1. The number of nitrogens with zero attached hydrogens (tertiary/aromatic N) is 2. The summed E-state index contributed by atoms with van der Waals surface area (Å²) >= 11 is 5.38. The summed E-state index contributed by atoms with van der Waals surface area (Å²) in [4.78, 5) is 16.2. The average Bonchev–Trinajstić information content (AvgIpc) is 2.32. The Morgan fingerprint density at radius 2 is 2.16 bits per heavy atom. The number of likely N-dealkylation sites (tertiary alicyclic amines) is 1. The molecule has 1 aliphatic rings.